The van der Waals surface area contributed by atoms with Gasteiger partial charge in [-0.05, 0) is 41.5 Å². The normalized spacial score (nSPS) is 12.5. The molecule has 0 aliphatic rings. The Bertz CT molecular complexity index is 828. The Hall–Kier alpha value is -1.66. The van der Waals surface area contributed by atoms with Gasteiger partial charge in [-0.25, -0.2) is 0 Å². The number of H-pyrrole nitrogens is 1. The summed E-state index contributed by atoms with van der Waals surface area (Å²) in [7, 11) is 0. The minimum absolute atomic E-state index is 0.138. The average molecular weight is 424 g/mol. The molecule has 0 saturated carbocycles. The highest BCUT2D eigenvalue weighted by molar-refractivity contribution is 9.10. The first-order valence-corrected chi connectivity index (χ1v) is 8.27. The Morgan fingerprint density at radius 1 is 1.09 bits per heavy atom. The minimum atomic E-state index is -0.286. The van der Waals surface area contributed by atoms with Crippen LogP contribution in [0.2, 0.25) is 0 Å². The van der Waals surface area contributed by atoms with Crippen molar-refractivity contribution in [2.24, 2.45) is 0 Å². The number of nitro groups is 1. The van der Waals surface area contributed by atoms with Crippen molar-refractivity contribution in [3.63, 3.8) is 0 Å². The predicted molar refractivity (Wildman–Crippen MR) is 93.8 cm³/mol. The van der Waals surface area contributed by atoms with Crippen molar-refractivity contribution in [1.82, 2.24) is 4.98 Å². The van der Waals surface area contributed by atoms with Crippen LogP contribution in [0.4, 0.5) is 0 Å². The van der Waals surface area contributed by atoms with Crippen LogP contribution in [0.5, 0.6) is 0 Å². The van der Waals surface area contributed by atoms with Gasteiger partial charge in [-0.2, -0.15) is 0 Å². The van der Waals surface area contributed by atoms with Crippen LogP contribution in [0.3, 0.4) is 0 Å². The van der Waals surface area contributed by atoms with Crippen LogP contribution < -0.4 is 0 Å². The SMILES string of the molecule is O=[N+]([O-])C[C@H](c1ccc(Br)cc1)c1c[nH]c2ccc(Br)cc12. The molecular weight excluding hydrogens is 412 g/mol. The minimum Gasteiger partial charge on any atom is -0.361 e. The third kappa shape index (κ3) is 3.08. The summed E-state index contributed by atoms with van der Waals surface area (Å²) >= 11 is 6.86. The number of hydrogen-bond acceptors (Lipinski definition) is 2. The molecule has 1 atom stereocenters. The van der Waals surface area contributed by atoms with E-state index < -0.39 is 0 Å². The van der Waals surface area contributed by atoms with Gasteiger partial charge in [0, 0.05) is 31.0 Å². The van der Waals surface area contributed by atoms with Gasteiger partial charge < -0.3 is 4.98 Å². The topological polar surface area (TPSA) is 58.9 Å². The highest BCUT2D eigenvalue weighted by Crippen LogP contribution is 2.33. The number of nitrogens with zero attached hydrogens (tertiary/aromatic N) is 1. The quantitative estimate of drug-likeness (QED) is 0.468. The van der Waals surface area contributed by atoms with E-state index in [0.29, 0.717) is 0 Å². The molecule has 0 bridgehead atoms. The summed E-state index contributed by atoms with van der Waals surface area (Å²) in [6.07, 6.45) is 1.87. The van der Waals surface area contributed by atoms with Crippen molar-refractivity contribution in [1.29, 1.82) is 0 Å². The first-order valence-electron chi connectivity index (χ1n) is 6.68. The van der Waals surface area contributed by atoms with E-state index in [0.717, 1.165) is 31.0 Å². The summed E-state index contributed by atoms with van der Waals surface area (Å²) in [5.41, 5.74) is 2.85. The molecule has 0 fully saturated rings. The van der Waals surface area contributed by atoms with Crippen LogP contribution in [0, 0.1) is 10.1 Å². The predicted octanol–water partition coefficient (Wildman–Crippen LogP) is 5.10. The van der Waals surface area contributed by atoms with E-state index in [1.54, 1.807) is 0 Å². The number of fused-ring (bicyclic) bond motifs is 1. The van der Waals surface area contributed by atoms with Gasteiger partial charge in [0.1, 0.15) is 0 Å². The molecule has 1 aromatic heterocycles. The molecule has 2 aromatic carbocycles. The molecule has 1 N–H and O–H groups in total. The van der Waals surface area contributed by atoms with Crippen molar-refractivity contribution in [2.75, 3.05) is 6.54 Å². The molecule has 0 unspecified atom stereocenters. The molecule has 1 heterocycles. The van der Waals surface area contributed by atoms with Gasteiger partial charge in [0.15, 0.2) is 0 Å². The molecule has 3 rings (SSSR count). The Kier molecular flexibility index (Phi) is 4.31. The molecule has 0 spiro atoms. The van der Waals surface area contributed by atoms with Gasteiger partial charge in [0.25, 0.3) is 0 Å². The van der Waals surface area contributed by atoms with E-state index in [1.807, 2.05) is 48.7 Å². The van der Waals surface area contributed by atoms with Gasteiger partial charge in [-0.15, -0.1) is 0 Å². The van der Waals surface area contributed by atoms with E-state index in [2.05, 4.69) is 36.8 Å². The molecule has 0 aliphatic carbocycles. The van der Waals surface area contributed by atoms with Crippen LogP contribution in [0.15, 0.2) is 57.6 Å². The van der Waals surface area contributed by atoms with Crippen LogP contribution >= 0.6 is 31.9 Å². The Morgan fingerprint density at radius 2 is 1.77 bits per heavy atom. The van der Waals surface area contributed by atoms with Gasteiger partial charge in [0.05, 0.1) is 5.92 Å². The number of halogens is 2. The van der Waals surface area contributed by atoms with Gasteiger partial charge in [0.2, 0.25) is 6.54 Å². The van der Waals surface area contributed by atoms with E-state index >= 15 is 0 Å². The average Bonchev–Trinajstić information content (AvgIpc) is 2.88. The summed E-state index contributed by atoms with van der Waals surface area (Å²) in [6, 6.07) is 13.6. The smallest absolute Gasteiger partial charge is 0.214 e. The fraction of sp³-hybridized carbons (Fsp3) is 0.125. The highest BCUT2D eigenvalue weighted by atomic mass is 79.9. The standard InChI is InChI=1S/C16H12Br2N2O2/c17-11-3-1-10(2-4-11)15(9-20(21)22)14-8-19-16-6-5-12(18)7-13(14)16/h1-8,15,19H,9H2/t15-/m1/s1. The number of rotatable bonds is 4. The molecule has 4 nitrogen and oxygen atoms in total. The van der Waals surface area contributed by atoms with Gasteiger partial charge in [-0.1, -0.05) is 44.0 Å². The van der Waals surface area contributed by atoms with E-state index in [1.165, 1.54) is 0 Å². The van der Waals surface area contributed by atoms with Crippen molar-refractivity contribution < 1.29 is 4.92 Å². The third-order valence-electron chi connectivity index (χ3n) is 3.66. The van der Waals surface area contributed by atoms with Crippen LogP contribution in [-0.2, 0) is 0 Å². The maximum absolute atomic E-state index is 11.1. The highest BCUT2D eigenvalue weighted by Gasteiger charge is 2.23. The second-order valence-corrected chi connectivity index (χ2v) is 6.88. The fourth-order valence-corrected chi connectivity index (χ4v) is 3.26. The lowest BCUT2D eigenvalue weighted by atomic mass is 9.91. The molecule has 3 aromatic rings. The summed E-state index contributed by atoms with van der Waals surface area (Å²) in [4.78, 5) is 14.1. The number of aromatic nitrogens is 1. The van der Waals surface area contributed by atoms with E-state index in [-0.39, 0.29) is 17.4 Å². The lowest BCUT2D eigenvalue weighted by Crippen LogP contribution is -2.13. The summed E-state index contributed by atoms with van der Waals surface area (Å²) in [5, 5.41) is 12.1. The maximum Gasteiger partial charge on any atom is 0.214 e. The molecule has 0 saturated heterocycles. The zero-order valence-corrected chi connectivity index (χ0v) is 14.6. The number of benzene rings is 2. The Labute approximate surface area is 143 Å². The zero-order valence-electron chi connectivity index (χ0n) is 11.4. The number of hydrogen-bond donors (Lipinski definition) is 1. The van der Waals surface area contributed by atoms with Crippen molar-refractivity contribution in [2.45, 2.75) is 5.92 Å². The lowest BCUT2D eigenvalue weighted by molar-refractivity contribution is -0.481. The van der Waals surface area contributed by atoms with Crippen LogP contribution in [0.1, 0.15) is 17.0 Å². The molecule has 112 valence electrons. The summed E-state index contributed by atoms with van der Waals surface area (Å²) in [5.74, 6) is -0.286. The molecule has 0 amide bonds. The maximum atomic E-state index is 11.1. The second-order valence-electron chi connectivity index (χ2n) is 5.05. The monoisotopic (exact) mass is 422 g/mol. The Balaban J connectivity index is 2.13. The van der Waals surface area contributed by atoms with Crippen molar-refractivity contribution in [3.8, 4) is 0 Å². The molecule has 22 heavy (non-hydrogen) atoms. The number of aromatic amines is 1. The van der Waals surface area contributed by atoms with E-state index in [9.17, 15) is 10.1 Å². The largest absolute Gasteiger partial charge is 0.361 e. The summed E-state index contributed by atoms with van der Waals surface area (Å²) in [6.45, 7) is -0.138. The fourth-order valence-electron chi connectivity index (χ4n) is 2.63. The van der Waals surface area contributed by atoms with Crippen molar-refractivity contribution in [3.05, 3.63) is 78.8 Å². The lowest BCUT2D eigenvalue weighted by Gasteiger charge is -2.13. The van der Waals surface area contributed by atoms with Crippen molar-refractivity contribution >= 4 is 42.8 Å². The van der Waals surface area contributed by atoms with E-state index in [4.69, 9.17) is 0 Å². The van der Waals surface area contributed by atoms with Gasteiger partial charge >= 0.3 is 0 Å². The first kappa shape index (κ1) is 15.2. The van der Waals surface area contributed by atoms with Crippen LogP contribution in [0.25, 0.3) is 10.9 Å². The summed E-state index contributed by atoms with van der Waals surface area (Å²) < 4.78 is 1.91. The molecule has 0 aliphatic heterocycles. The first-order chi connectivity index (χ1) is 10.5. The second kappa shape index (κ2) is 6.22. The molecule has 0 radical (unpaired) electrons. The molecular formula is C16H12Br2N2O2. The number of nitrogens with one attached hydrogen (secondary N) is 1. The van der Waals surface area contributed by atoms with Crippen LogP contribution in [-0.4, -0.2) is 16.5 Å². The van der Waals surface area contributed by atoms with Gasteiger partial charge in [-0.3, -0.25) is 10.1 Å². The zero-order chi connectivity index (χ0) is 15.7. The Morgan fingerprint density at radius 3 is 2.45 bits per heavy atom. The molecule has 6 heteroatoms. The third-order valence-corrected chi connectivity index (χ3v) is 4.68.